The predicted octanol–water partition coefficient (Wildman–Crippen LogP) is 4.67. The standard InChI is InChI=1S/C27H28FN3O4S/c1-19-26(25(35-29-19)15-14-20-8-2-4-12-23(20)28)36(33,34)30-16-6-11-22(18-30)27(32)31-17-7-10-21-9-3-5-13-24(21)31/h2-5,8-9,12-15,22H,6-7,10-11,16-18H2,1H3/b15-14+. The number of carbonyl (C=O) groups excluding carboxylic acids is 1. The van der Waals surface area contributed by atoms with Crippen LogP contribution < -0.4 is 4.90 Å². The van der Waals surface area contributed by atoms with Gasteiger partial charge in [0.2, 0.25) is 15.9 Å². The number of nitrogens with zero attached hydrogens (tertiary/aromatic N) is 3. The lowest BCUT2D eigenvalue weighted by atomic mass is 9.95. The molecule has 188 valence electrons. The second-order valence-corrected chi connectivity index (χ2v) is 11.1. The zero-order valence-electron chi connectivity index (χ0n) is 20.1. The summed E-state index contributed by atoms with van der Waals surface area (Å²) in [5, 5.41) is 3.86. The highest BCUT2D eigenvalue weighted by atomic mass is 32.2. The summed E-state index contributed by atoms with van der Waals surface area (Å²) in [6.07, 6.45) is 5.91. The summed E-state index contributed by atoms with van der Waals surface area (Å²) in [4.78, 5) is 15.3. The van der Waals surface area contributed by atoms with Gasteiger partial charge in [0.05, 0.1) is 5.92 Å². The molecule has 0 spiro atoms. The van der Waals surface area contributed by atoms with E-state index in [0.717, 1.165) is 24.1 Å². The third kappa shape index (κ3) is 4.60. The first-order chi connectivity index (χ1) is 17.4. The molecule has 2 aromatic carbocycles. The number of anilines is 1. The minimum Gasteiger partial charge on any atom is -0.355 e. The fourth-order valence-electron chi connectivity index (χ4n) is 5.05. The normalized spacial score (nSPS) is 18.9. The first-order valence-electron chi connectivity index (χ1n) is 12.1. The Kier molecular flexibility index (Phi) is 6.77. The molecule has 0 N–H and O–H groups in total. The van der Waals surface area contributed by atoms with Crippen LogP contribution in [0.5, 0.6) is 0 Å². The molecule has 0 radical (unpaired) electrons. The zero-order valence-corrected chi connectivity index (χ0v) is 20.9. The van der Waals surface area contributed by atoms with Crippen LogP contribution in [0, 0.1) is 18.7 Å². The average Bonchev–Trinajstić information content (AvgIpc) is 3.28. The van der Waals surface area contributed by atoms with Crippen LogP contribution in [0.2, 0.25) is 0 Å². The molecule has 1 saturated heterocycles. The van der Waals surface area contributed by atoms with Crippen LogP contribution in [-0.2, 0) is 21.2 Å². The summed E-state index contributed by atoms with van der Waals surface area (Å²) in [5.74, 6) is -0.860. The Morgan fingerprint density at radius 2 is 1.86 bits per heavy atom. The Labute approximate surface area is 210 Å². The maximum Gasteiger partial charge on any atom is 0.248 e. The van der Waals surface area contributed by atoms with Gasteiger partial charge in [-0.2, -0.15) is 4.31 Å². The van der Waals surface area contributed by atoms with Gasteiger partial charge in [0, 0.05) is 30.9 Å². The lowest BCUT2D eigenvalue weighted by Gasteiger charge is -2.36. The summed E-state index contributed by atoms with van der Waals surface area (Å²) in [7, 11) is -3.99. The number of fused-ring (bicyclic) bond motifs is 1. The summed E-state index contributed by atoms with van der Waals surface area (Å²) >= 11 is 0. The van der Waals surface area contributed by atoms with E-state index in [4.69, 9.17) is 4.52 Å². The topological polar surface area (TPSA) is 83.7 Å². The van der Waals surface area contributed by atoms with Crippen LogP contribution in [0.4, 0.5) is 10.1 Å². The largest absolute Gasteiger partial charge is 0.355 e. The van der Waals surface area contributed by atoms with Gasteiger partial charge in [0.15, 0.2) is 10.7 Å². The lowest BCUT2D eigenvalue weighted by Crippen LogP contribution is -2.48. The molecule has 1 fully saturated rings. The average molecular weight is 510 g/mol. The van der Waals surface area contributed by atoms with Crippen molar-refractivity contribution in [1.82, 2.24) is 9.46 Å². The van der Waals surface area contributed by atoms with Crippen LogP contribution in [-0.4, -0.2) is 43.4 Å². The Balaban J connectivity index is 1.39. The van der Waals surface area contributed by atoms with Crippen molar-refractivity contribution in [2.45, 2.75) is 37.5 Å². The second-order valence-electron chi connectivity index (χ2n) is 9.24. The SMILES string of the molecule is Cc1noc(/C=C/c2ccccc2F)c1S(=O)(=O)N1CCCC(C(=O)N2CCCc3ccccc32)C1. The molecule has 1 atom stereocenters. The van der Waals surface area contributed by atoms with Gasteiger partial charge in [-0.25, -0.2) is 12.8 Å². The lowest BCUT2D eigenvalue weighted by molar-refractivity contribution is -0.123. The van der Waals surface area contributed by atoms with Crippen LogP contribution in [0.3, 0.4) is 0 Å². The van der Waals surface area contributed by atoms with Gasteiger partial charge < -0.3 is 9.42 Å². The quantitative estimate of drug-likeness (QED) is 0.499. The molecular weight excluding hydrogens is 481 g/mol. The molecule has 1 unspecified atom stereocenters. The van der Waals surface area contributed by atoms with Crippen LogP contribution in [0.1, 0.15) is 41.8 Å². The Morgan fingerprint density at radius 3 is 2.69 bits per heavy atom. The maximum atomic E-state index is 14.0. The van der Waals surface area contributed by atoms with Crippen molar-refractivity contribution >= 4 is 33.8 Å². The van der Waals surface area contributed by atoms with Crippen molar-refractivity contribution < 1.29 is 22.1 Å². The van der Waals surface area contributed by atoms with E-state index in [9.17, 15) is 17.6 Å². The first kappa shape index (κ1) is 24.4. The third-order valence-corrected chi connectivity index (χ3v) is 8.88. The van der Waals surface area contributed by atoms with Crippen molar-refractivity contribution in [2.24, 2.45) is 5.92 Å². The molecule has 7 nitrogen and oxygen atoms in total. The van der Waals surface area contributed by atoms with Gasteiger partial charge in [-0.15, -0.1) is 0 Å². The molecule has 3 heterocycles. The van der Waals surface area contributed by atoms with Crippen LogP contribution in [0.15, 0.2) is 57.9 Å². The highest BCUT2D eigenvalue weighted by molar-refractivity contribution is 7.89. The molecule has 2 aliphatic rings. The van der Waals surface area contributed by atoms with Gasteiger partial charge in [-0.05, 0) is 62.5 Å². The van der Waals surface area contributed by atoms with Gasteiger partial charge in [0.25, 0.3) is 0 Å². The monoisotopic (exact) mass is 509 g/mol. The number of rotatable bonds is 5. The number of piperidine rings is 1. The van der Waals surface area contributed by atoms with Gasteiger partial charge >= 0.3 is 0 Å². The maximum absolute atomic E-state index is 14.0. The highest BCUT2D eigenvalue weighted by Crippen LogP contribution is 2.33. The van der Waals surface area contributed by atoms with Crippen molar-refractivity contribution in [3.05, 3.63) is 76.9 Å². The molecule has 0 bridgehead atoms. The molecule has 36 heavy (non-hydrogen) atoms. The smallest absolute Gasteiger partial charge is 0.248 e. The Hall–Kier alpha value is -3.30. The number of para-hydroxylation sites is 1. The van der Waals surface area contributed by atoms with Crippen molar-refractivity contribution in [3.8, 4) is 0 Å². The molecular formula is C27H28FN3O4S. The Morgan fingerprint density at radius 1 is 1.08 bits per heavy atom. The van der Waals surface area contributed by atoms with Gasteiger partial charge in [-0.1, -0.05) is 41.6 Å². The molecule has 1 amide bonds. The van der Waals surface area contributed by atoms with E-state index in [1.54, 1.807) is 25.1 Å². The van der Waals surface area contributed by atoms with Gasteiger partial charge in [-0.3, -0.25) is 4.79 Å². The fourth-order valence-corrected chi connectivity index (χ4v) is 6.82. The summed E-state index contributed by atoms with van der Waals surface area (Å²) in [6.45, 7) is 2.60. The second kappa shape index (κ2) is 9.99. The first-order valence-corrected chi connectivity index (χ1v) is 13.6. The minimum atomic E-state index is -3.99. The summed E-state index contributed by atoms with van der Waals surface area (Å²) in [5.41, 5.74) is 2.59. The number of sulfonamides is 1. The highest BCUT2D eigenvalue weighted by Gasteiger charge is 2.38. The number of aryl methyl sites for hydroxylation is 2. The van der Waals surface area contributed by atoms with E-state index in [1.165, 1.54) is 22.5 Å². The number of halogens is 1. The molecule has 1 aromatic heterocycles. The molecule has 0 saturated carbocycles. The molecule has 0 aliphatic carbocycles. The van der Waals surface area contributed by atoms with E-state index >= 15 is 0 Å². The third-order valence-electron chi connectivity index (χ3n) is 6.86. The number of hydrogen-bond acceptors (Lipinski definition) is 5. The number of benzene rings is 2. The fraction of sp³-hybridized carbons (Fsp3) is 0.333. The Bertz CT molecular complexity index is 1420. The number of carbonyl (C=O) groups is 1. The molecule has 2 aliphatic heterocycles. The van der Waals surface area contributed by atoms with E-state index in [-0.39, 0.29) is 28.8 Å². The summed E-state index contributed by atoms with van der Waals surface area (Å²) in [6, 6.07) is 14.1. The minimum absolute atomic E-state index is 0.0363. The van der Waals surface area contributed by atoms with Crippen molar-refractivity contribution in [1.29, 1.82) is 0 Å². The van der Waals surface area contributed by atoms with Gasteiger partial charge in [0.1, 0.15) is 11.5 Å². The number of aromatic nitrogens is 1. The molecule has 9 heteroatoms. The van der Waals surface area contributed by atoms with Crippen molar-refractivity contribution in [3.63, 3.8) is 0 Å². The predicted molar refractivity (Wildman–Crippen MR) is 135 cm³/mol. The van der Waals surface area contributed by atoms with Crippen LogP contribution in [0.25, 0.3) is 12.2 Å². The summed E-state index contributed by atoms with van der Waals surface area (Å²) < 4.78 is 48.1. The van der Waals surface area contributed by atoms with E-state index in [1.807, 2.05) is 29.2 Å². The number of hydrogen-bond donors (Lipinski definition) is 0. The van der Waals surface area contributed by atoms with Crippen molar-refractivity contribution in [2.75, 3.05) is 24.5 Å². The molecule has 5 rings (SSSR count). The van der Waals surface area contributed by atoms with E-state index in [0.29, 0.717) is 31.5 Å². The van der Waals surface area contributed by atoms with Crippen LogP contribution >= 0.6 is 0 Å². The van der Waals surface area contributed by atoms with E-state index < -0.39 is 21.8 Å². The van der Waals surface area contributed by atoms with E-state index in [2.05, 4.69) is 5.16 Å². The number of amides is 1. The molecule has 3 aromatic rings. The zero-order chi connectivity index (χ0) is 25.3.